The highest BCUT2D eigenvalue weighted by Gasteiger charge is 2.39. The molecular formula is C14H22N2O4. The van der Waals surface area contributed by atoms with E-state index in [1.165, 1.54) is 12.2 Å². The van der Waals surface area contributed by atoms with Crippen molar-refractivity contribution >= 4 is 11.9 Å². The summed E-state index contributed by atoms with van der Waals surface area (Å²) in [5.41, 5.74) is 3.78. The van der Waals surface area contributed by atoms with Crippen LogP contribution in [0.2, 0.25) is 0 Å². The van der Waals surface area contributed by atoms with Gasteiger partial charge in [0.2, 0.25) is 5.91 Å². The maximum Gasteiger partial charge on any atom is 0.313 e. The fourth-order valence-corrected chi connectivity index (χ4v) is 2.07. The summed E-state index contributed by atoms with van der Waals surface area (Å²) in [5, 5.41) is 22.0. The topological polar surface area (TPSA) is 113 Å². The molecule has 1 rings (SSSR count). The normalized spacial score (nSPS) is 24.6. The monoisotopic (exact) mass is 282 g/mol. The molecule has 1 aliphatic rings. The van der Waals surface area contributed by atoms with Crippen molar-refractivity contribution in [3.63, 3.8) is 0 Å². The smallest absolute Gasteiger partial charge is 0.313 e. The molecule has 1 amide bonds. The molecule has 2 atom stereocenters. The SMILES string of the molecule is NCCCCCC(=O)NCC1(O)C=CC=CC1C(=O)O. The molecule has 0 aromatic rings. The van der Waals surface area contributed by atoms with Crippen molar-refractivity contribution in [3.8, 4) is 0 Å². The number of aliphatic hydroxyl groups is 1. The standard InChI is InChI=1S/C14H22N2O4/c15-9-5-1-2-7-12(17)16-10-14(20)8-4-3-6-11(14)13(18)19/h3-4,6,8,11,20H,1-2,5,7,9-10,15H2,(H,16,17)(H,18,19). The predicted molar refractivity (Wildman–Crippen MR) is 74.9 cm³/mol. The predicted octanol–water partition coefficient (Wildman–Crippen LogP) is 0.180. The van der Waals surface area contributed by atoms with E-state index in [2.05, 4.69) is 5.32 Å². The van der Waals surface area contributed by atoms with Crippen molar-refractivity contribution in [1.29, 1.82) is 0 Å². The molecule has 6 heteroatoms. The molecule has 0 fully saturated rings. The number of carbonyl (C=O) groups excluding carboxylic acids is 1. The van der Waals surface area contributed by atoms with Crippen LogP contribution in [0.3, 0.4) is 0 Å². The van der Waals surface area contributed by atoms with Crippen molar-refractivity contribution in [2.24, 2.45) is 11.7 Å². The number of nitrogens with two attached hydrogens (primary N) is 1. The van der Waals surface area contributed by atoms with Crippen LogP contribution in [0.5, 0.6) is 0 Å². The molecule has 0 heterocycles. The second-order valence-electron chi connectivity index (χ2n) is 4.93. The zero-order chi connectivity index (χ0) is 15.0. The molecule has 0 saturated carbocycles. The summed E-state index contributed by atoms with van der Waals surface area (Å²) in [6.07, 6.45) is 8.82. The number of amides is 1. The Hall–Kier alpha value is -1.66. The Kier molecular flexibility index (Phi) is 6.41. The zero-order valence-electron chi connectivity index (χ0n) is 11.4. The number of unbranched alkanes of at least 4 members (excludes halogenated alkanes) is 2. The van der Waals surface area contributed by atoms with Gasteiger partial charge in [-0.25, -0.2) is 0 Å². The van der Waals surface area contributed by atoms with E-state index < -0.39 is 17.5 Å². The van der Waals surface area contributed by atoms with Gasteiger partial charge in [-0.15, -0.1) is 0 Å². The first-order valence-corrected chi connectivity index (χ1v) is 6.77. The summed E-state index contributed by atoms with van der Waals surface area (Å²) in [7, 11) is 0. The first kappa shape index (κ1) is 16.4. The molecule has 0 aromatic carbocycles. The number of rotatable bonds is 8. The Morgan fingerprint density at radius 3 is 2.65 bits per heavy atom. The van der Waals surface area contributed by atoms with Gasteiger partial charge in [-0.05, 0) is 19.4 Å². The number of allylic oxidation sites excluding steroid dienone is 2. The lowest BCUT2D eigenvalue weighted by molar-refractivity contribution is -0.146. The molecule has 1 aliphatic carbocycles. The van der Waals surface area contributed by atoms with Crippen LogP contribution in [0.4, 0.5) is 0 Å². The summed E-state index contributed by atoms with van der Waals surface area (Å²) in [6, 6.07) is 0. The van der Waals surface area contributed by atoms with E-state index in [0.29, 0.717) is 13.0 Å². The van der Waals surface area contributed by atoms with Crippen molar-refractivity contribution in [3.05, 3.63) is 24.3 Å². The summed E-state index contributed by atoms with van der Waals surface area (Å²) in [4.78, 5) is 22.7. The number of carboxylic acids is 1. The molecule has 6 nitrogen and oxygen atoms in total. The Bertz CT molecular complexity index is 406. The average Bonchev–Trinajstić information content (AvgIpc) is 2.41. The van der Waals surface area contributed by atoms with Gasteiger partial charge >= 0.3 is 5.97 Å². The van der Waals surface area contributed by atoms with Gasteiger partial charge in [-0.2, -0.15) is 0 Å². The van der Waals surface area contributed by atoms with Gasteiger partial charge in [0.15, 0.2) is 0 Å². The number of nitrogens with one attached hydrogen (secondary N) is 1. The Labute approximate surface area is 118 Å². The highest BCUT2D eigenvalue weighted by atomic mass is 16.4. The molecule has 0 aliphatic heterocycles. The average molecular weight is 282 g/mol. The lowest BCUT2D eigenvalue weighted by atomic mass is 9.83. The fourth-order valence-electron chi connectivity index (χ4n) is 2.07. The van der Waals surface area contributed by atoms with E-state index in [1.807, 2.05) is 0 Å². The maximum absolute atomic E-state index is 11.6. The van der Waals surface area contributed by atoms with Gasteiger partial charge in [0.1, 0.15) is 11.5 Å². The summed E-state index contributed by atoms with van der Waals surface area (Å²) in [6.45, 7) is 0.499. The van der Waals surface area contributed by atoms with E-state index in [-0.39, 0.29) is 12.5 Å². The maximum atomic E-state index is 11.6. The quantitative estimate of drug-likeness (QED) is 0.474. The minimum Gasteiger partial charge on any atom is -0.481 e. The van der Waals surface area contributed by atoms with Crippen molar-refractivity contribution < 1.29 is 19.8 Å². The third-order valence-corrected chi connectivity index (χ3v) is 3.28. The number of hydrogen-bond donors (Lipinski definition) is 4. The van der Waals surface area contributed by atoms with Crippen LogP contribution in [0.15, 0.2) is 24.3 Å². The molecule has 112 valence electrons. The van der Waals surface area contributed by atoms with Crippen LogP contribution in [-0.4, -0.2) is 40.8 Å². The van der Waals surface area contributed by atoms with Crippen LogP contribution in [-0.2, 0) is 9.59 Å². The van der Waals surface area contributed by atoms with Crippen molar-refractivity contribution in [2.75, 3.05) is 13.1 Å². The summed E-state index contributed by atoms with van der Waals surface area (Å²) >= 11 is 0. The van der Waals surface area contributed by atoms with Gasteiger partial charge < -0.3 is 21.3 Å². The van der Waals surface area contributed by atoms with Crippen LogP contribution in [0.25, 0.3) is 0 Å². The third-order valence-electron chi connectivity index (χ3n) is 3.28. The number of aliphatic carboxylic acids is 1. The Morgan fingerprint density at radius 1 is 1.25 bits per heavy atom. The van der Waals surface area contributed by atoms with Crippen molar-refractivity contribution in [2.45, 2.75) is 31.3 Å². The molecule has 0 saturated heterocycles. The molecule has 5 N–H and O–H groups in total. The number of hydrogen-bond acceptors (Lipinski definition) is 4. The molecule has 0 bridgehead atoms. The van der Waals surface area contributed by atoms with E-state index in [0.717, 1.165) is 19.3 Å². The van der Waals surface area contributed by atoms with Crippen LogP contribution in [0, 0.1) is 5.92 Å². The first-order chi connectivity index (χ1) is 9.49. The summed E-state index contributed by atoms with van der Waals surface area (Å²) in [5.74, 6) is -2.36. The molecule has 0 aromatic heterocycles. The third kappa shape index (κ3) is 4.79. The fraction of sp³-hybridized carbons (Fsp3) is 0.571. The Balaban J connectivity index is 2.42. The van der Waals surface area contributed by atoms with Gasteiger partial charge in [-0.1, -0.05) is 30.7 Å². The van der Waals surface area contributed by atoms with E-state index in [4.69, 9.17) is 10.8 Å². The summed E-state index contributed by atoms with van der Waals surface area (Å²) < 4.78 is 0. The molecular weight excluding hydrogens is 260 g/mol. The van der Waals surface area contributed by atoms with Crippen LogP contribution >= 0.6 is 0 Å². The molecule has 0 spiro atoms. The highest BCUT2D eigenvalue weighted by molar-refractivity contribution is 5.77. The van der Waals surface area contributed by atoms with Crippen LogP contribution < -0.4 is 11.1 Å². The molecule has 20 heavy (non-hydrogen) atoms. The minimum absolute atomic E-state index is 0.111. The second-order valence-corrected chi connectivity index (χ2v) is 4.93. The minimum atomic E-state index is -1.58. The van der Waals surface area contributed by atoms with Gasteiger partial charge in [-0.3, -0.25) is 9.59 Å². The number of carbonyl (C=O) groups is 2. The Morgan fingerprint density at radius 2 is 2.00 bits per heavy atom. The molecule has 0 radical (unpaired) electrons. The lowest BCUT2D eigenvalue weighted by Gasteiger charge is -2.31. The van der Waals surface area contributed by atoms with E-state index in [1.54, 1.807) is 12.2 Å². The van der Waals surface area contributed by atoms with E-state index >= 15 is 0 Å². The van der Waals surface area contributed by atoms with Crippen LogP contribution in [0.1, 0.15) is 25.7 Å². The zero-order valence-corrected chi connectivity index (χ0v) is 11.4. The number of carboxylic acid groups (broad SMARTS) is 1. The van der Waals surface area contributed by atoms with Gasteiger partial charge in [0, 0.05) is 6.42 Å². The largest absolute Gasteiger partial charge is 0.481 e. The van der Waals surface area contributed by atoms with Gasteiger partial charge in [0.05, 0.1) is 6.54 Å². The molecule has 2 unspecified atom stereocenters. The van der Waals surface area contributed by atoms with E-state index in [9.17, 15) is 14.7 Å². The lowest BCUT2D eigenvalue weighted by Crippen LogP contribution is -2.49. The van der Waals surface area contributed by atoms with Gasteiger partial charge in [0.25, 0.3) is 0 Å². The highest BCUT2D eigenvalue weighted by Crippen LogP contribution is 2.24. The van der Waals surface area contributed by atoms with Crippen molar-refractivity contribution in [1.82, 2.24) is 5.32 Å². The second kappa shape index (κ2) is 7.81. The first-order valence-electron chi connectivity index (χ1n) is 6.77.